The van der Waals surface area contributed by atoms with Crippen molar-refractivity contribution in [3.63, 3.8) is 0 Å². The van der Waals surface area contributed by atoms with Crippen LogP contribution in [0.15, 0.2) is 36.7 Å². The molecule has 92 valence electrons. The van der Waals surface area contributed by atoms with Crippen LogP contribution in [-0.2, 0) is 6.42 Å². The summed E-state index contributed by atoms with van der Waals surface area (Å²) in [6.45, 7) is 6.53. The quantitative estimate of drug-likeness (QED) is 0.820. The zero-order valence-corrected chi connectivity index (χ0v) is 10.2. The molecule has 1 heterocycles. The van der Waals surface area contributed by atoms with Gasteiger partial charge in [-0.15, -0.1) is 0 Å². The van der Waals surface area contributed by atoms with Crippen molar-refractivity contribution in [3.8, 4) is 0 Å². The van der Waals surface area contributed by atoms with Crippen molar-refractivity contribution in [2.45, 2.75) is 32.0 Å². The molecule has 0 aromatic heterocycles. The number of aryl methyl sites for hydroxylation is 1. The topological polar surface area (TPSA) is 24.1 Å². The van der Waals surface area contributed by atoms with Crippen LogP contribution in [0.5, 0.6) is 0 Å². The third-order valence-corrected chi connectivity index (χ3v) is 3.13. The maximum absolute atomic E-state index is 13.9. The summed E-state index contributed by atoms with van der Waals surface area (Å²) in [6, 6.07) is 8.06. The largest absolute Gasteiger partial charge is 0.372 e. The summed E-state index contributed by atoms with van der Waals surface area (Å²) in [7, 11) is 0. The van der Waals surface area contributed by atoms with E-state index in [4.69, 9.17) is 0 Å². The van der Waals surface area contributed by atoms with Gasteiger partial charge in [-0.25, -0.2) is 4.39 Å². The molecule has 0 spiro atoms. The van der Waals surface area contributed by atoms with Crippen LogP contribution in [0.1, 0.15) is 17.5 Å². The van der Waals surface area contributed by atoms with Crippen molar-refractivity contribution in [3.05, 3.63) is 47.8 Å². The minimum atomic E-state index is -0.831. The van der Waals surface area contributed by atoms with E-state index in [0.717, 1.165) is 11.4 Å². The Bertz CT molecular complexity index is 386. The highest BCUT2D eigenvalue weighted by Gasteiger charge is 2.23. The summed E-state index contributed by atoms with van der Waals surface area (Å²) in [5.41, 5.74) is 2.39. The van der Waals surface area contributed by atoms with Crippen molar-refractivity contribution in [1.82, 2.24) is 10.6 Å². The van der Waals surface area contributed by atoms with Gasteiger partial charge in [0.05, 0.1) is 11.9 Å². The maximum atomic E-state index is 13.9. The third-order valence-electron chi connectivity index (χ3n) is 3.13. The lowest BCUT2D eigenvalue weighted by Crippen LogP contribution is -2.38. The lowest BCUT2D eigenvalue weighted by molar-refractivity contribution is 0.256. The first-order valence-electron chi connectivity index (χ1n) is 6.04. The van der Waals surface area contributed by atoms with Gasteiger partial charge in [0.2, 0.25) is 0 Å². The Morgan fingerprint density at radius 2 is 2.06 bits per heavy atom. The van der Waals surface area contributed by atoms with E-state index < -0.39 is 6.17 Å². The smallest absolute Gasteiger partial charge is 0.122 e. The van der Waals surface area contributed by atoms with Crippen LogP contribution >= 0.6 is 0 Å². The molecule has 2 nitrogen and oxygen atoms in total. The predicted octanol–water partition coefficient (Wildman–Crippen LogP) is 2.30. The molecule has 2 unspecified atom stereocenters. The Balaban J connectivity index is 2.05. The first-order chi connectivity index (χ1) is 8.15. The molecule has 3 heteroatoms. The van der Waals surface area contributed by atoms with Crippen LogP contribution < -0.4 is 10.6 Å². The summed E-state index contributed by atoms with van der Waals surface area (Å²) in [5.74, 6) is 0.724. The van der Waals surface area contributed by atoms with Gasteiger partial charge in [-0.05, 0) is 25.3 Å². The summed E-state index contributed by atoms with van der Waals surface area (Å²) < 4.78 is 13.9. The lowest BCUT2D eigenvalue weighted by Gasteiger charge is -2.20. The maximum Gasteiger partial charge on any atom is 0.122 e. The van der Waals surface area contributed by atoms with Gasteiger partial charge in [-0.1, -0.05) is 36.4 Å². The Morgan fingerprint density at radius 1 is 1.35 bits per heavy atom. The van der Waals surface area contributed by atoms with Gasteiger partial charge in [-0.3, -0.25) is 0 Å². The summed E-state index contributed by atoms with van der Waals surface area (Å²) in [6.07, 6.45) is 0.396. The summed E-state index contributed by atoms with van der Waals surface area (Å²) >= 11 is 0. The lowest BCUT2D eigenvalue weighted by atomic mass is 10.00. The van der Waals surface area contributed by atoms with E-state index in [1.165, 1.54) is 5.56 Å². The SMILES string of the molecule is C=C1NCCC(F)C(Cc2ccc(C)cc2)N1. The highest BCUT2D eigenvalue weighted by molar-refractivity contribution is 5.22. The number of hydrogen-bond acceptors (Lipinski definition) is 2. The van der Waals surface area contributed by atoms with E-state index in [0.29, 0.717) is 19.4 Å². The molecule has 0 aliphatic carbocycles. The molecule has 0 bridgehead atoms. The number of benzene rings is 1. The van der Waals surface area contributed by atoms with E-state index in [-0.39, 0.29) is 6.04 Å². The van der Waals surface area contributed by atoms with Crippen molar-refractivity contribution in [1.29, 1.82) is 0 Å². The van der Waals surface area contributed by atoms with Crippen molar-refractivity contribution in [2.75, 3.05) is 6.54 Å². The van der Waals surface area contributed by atoms with Crippen molar-refractivity contribution >= 4 is 0 Å². The molecule has 17 heavy (non-hydrogen) atoms. The number of alkyl halides is 1. The van der Waals surface area contributed by atoms with Crippen molar-refractivity contribution in [2.24, 2.45) is 0 Å². The van der Waals surface area contributed by atoms with Crippen LogP contribution in [0, 0.1) is 6.92 Å². The number of rotatable bonds is 2. The third kappa shape index (κ3) is 3.22. The highest BCUT2D eigenvalue weighted by Crippen LogP contribution is 2.14. The molecule has 2 N–H and O–H groups in total. The predicted molar refractivity (Wildman–Crippen MR) is 68.5 cm³/mol. The van der Waals surface area contributed by atoms with Gasteiger partial charge < -0.3 is 10.6 Å². The number of halogens is 1. The molecular weight excluding hydrogens is 215 g/mol. The first kappa shape index (κ1) is 12.0. The van der Waals surface area contributed by atoms with E-state index >= 15 is 0 Å². The van der Waals surface area contributed by atoms with Gasteiger partial charge in [-0.2, -0.15) is 0 Å². The molecule has 0 amide bonds. The average molecular weight is 234 g/mol. The van der Waals surface area contributed by atoms with Crippen LogP contribution in [0.4, 0.5) is 4.39 Å². The van der Waals surface area contributed by atoms with Gasteiger partial charge >= 0.3 is 0 Å². The first-order valence-corrected chi connectivity index (χ1v) is 6.04. The van der Waals surface area contributed by atoms with Crippen LogP contribution in [-0.4, -0.2) is 18.8 Å². The van der Waals surface area contributed by atoms with Crippen LogP contribution in [0.25, 0.3) is 0 Å². The molecule has 1 aliphatic heterocycles. The molecule has 1 aromatic carbocycles. The summed E-state index contributed by atoms with van der Waals surface area (Å²) in [5, 5.41) is 6.17. The van der Waals surface area contributed by atoms with Crippen LogP contribution in [0.3, 0.4) is 0 Å². The highest BCUT2D eigenvalue weighted by atomic mass is 19.1. The Morgan fingerprint density at radius 3 is 2.76 bits per heavy atom. The fourth-order valence-electron chi connectivity index (χ4n) is 2.08. The summed E-state index contributed by atoms with van der Waals surface area (Å²) in [4.78, 5) is 0. The molecule has 1 saturated heterocycles. The van der Waals surface area contributed by atoms with Gasteiger partial charge in [0.1, 0.15) is 6.17 Å². The Hall–Kier alpha value is -1.51. The van der Waals surface area contributed by atoms with Gasteiger partial charge in [0, 0.05) is 6.54 Å². The minimum Gasteiger partial charge on any atom is -0.372 e. The Labute approximate surface area is 102 Å². The average Bonchev–Trinajstić information content (AvgIpc) is 2.45. The molecule has 1 aliphatic rings. The fourth-order valence-corrected chi connectivity index (χ4v) is 2.08. The van der Waals surface area contributed by atoms with Gasteiger partial charge in [0.15, 0.2) is 0 Å². The van der Waals surface area contributed by atoms with Gasteiger partial charge in [0.25, 0.3) is 0 Å². The Kier molecular flexibility index (Phi) is 3.67. The van der Waals surface area contributed by atoms with E-state index in [2.05, 4.69) is 48.4 Å². The number of nitrogens with one attached hydrogen (secondary N) is 2. The van der Waals surface area contributed by atoms with Crippen LogP contribution in [0.2, 0.25) is 0 Å². The van der Waals surface area contributed by atoms with E-state index in [1.54, 1.807) is 0 Å². The second-order valence-corrected chi connectivity index (χ2v) is 4.65. The van der Waals surface area contributed by atoms with Crippen molar-refractivity contribution < 1.29 is 4.39 Å². The molecule has 2 atom stereocenters. The van der Waals surface area contributed by atoms with E-state index in [9.17, 15) is 4.39 Å². The number of hydrogen-bond donors (Lipinski definition) is 2. The fraction of sp³-hybridized carbons (Fsp3) is 0.429. The molecular formula is C14H19FN2. The molecule has 1 aromatic rings. The molecule has 0 radical (unpaired) electrons. The molecule has 2 rings (SSSR count). The minimum absolute atomic E-state index is 0.180. The zero-order valence-electron chi connectivity index (χ0n) is 10.2. The monoisotopic (exact) mass is 234 g/mol. The normalized spacial score (nSPS) is 24.7. The van der Waals surface area contributed by atoms with E-state index in [1.807, 2.05) is 0 Å². The zero-order chi connectivity index (χ0) is 12.3. The second kappa shape index (κ2) is 5.21. The molecule has 0 saturated carbocycles. The standard InChI is InChI=1S/C14H19FN2/c1-10-3-5-12(6-4-10)9-14-13(15)7-8-16-11(2)17-14/h3-6,13-14,16-17H,2,7-9H2,1H3. The molecule has 1 fully saturated rings. The second-order valence-electron chi connectivity index (χ2n) is 4.65.